The Morgan fingerprint density at radius 3 is 2.88 bits per heavy atom. The van der Waals surface area contributed by atoms with Gasteiger partial charge in [0.15, 0.2) is 5.82 Å². The highest BCUT2D eigenvalue weighted by atomic mass is 32.1. The summed E-state index contributed by atoms with van der Waals surface area (Å²) in [6.07, 6.45) is 3.49. The van der Waals surface area contributed by atoms with Crippen LogP contribution in [0, 0.1) is 0 Å². The van der Waals surface area contributed by atoms with Gasteiger partial charge in [-0.3, -0.25) is 15.2 Å². The zero-order valence-electron chi connectivity index (χ0n) is 16.9. The van der Waals surface area contributed by atoms with Crippen molar-refractivity contribution in [1.82, 2.24) is 35.3 Å². The maximum atomic E-state index is 12.5. The predicted octanol–water partition coefficient (Wildman–Crippen LogP) is 4.35. The van der Waals surface area contributed by atoms with E-state index in [9.17, 15) is 4.79 Å². The van der Waals surface area contributed by atoms with E-state index in [0.29, 0.717) is 22.5 Å². The number of H-pyrrole nitrogens is 2. The molecule has 0 bridgehead atoms. The number of hydrogen-bond acceptors (Lipinski definition) is 8. The van der Waals surface area contributed by atoms with Crippen LogP contribution in [0.3, 0.4) is 0 Å². The van der Waals surface area contributed by atoms with E-state index in [1.54, 1.807) is 24.0 Å². The predicted molar refractivity (Wildman–Crippen MR) is 127 cm³/mol. The fraction of sp³-hybridized carbons (Fsp3) is 0. The third kappa shape index (κ3) is 3.77. The van der Waals surface area contributed by atoms with Crippen molar-refractivity contribution in [1.29, 1.82) is 0 Å². The quantitative estimate of drug-likeness (QED) is 0.304. The normalized spacial score (nSPS) is 11.2. The number of rotatable bonds is 5. The van der Waals surface area contributed by atoms with Gasteiger partial charge >= 0.3 is 0 Å². The first kappa shape index (κ1) is 19.1. The summed E-state index contributed by atoms with van der Waals surface area (Å²) in [6, 6.07) is 15.3. The van der Waals surface area contributed by atoms with Gasteiger partial charge in [-0.05, 0) is 36.4 Å². The number of nitrogens with zero attached hydrogens (tertiary/aromatic N) is 5. The SMILES string of the molecule is O=C(Nc1nncs1)c1cc2ccc(-c3nccc(Nc4ccc5[nH]ncc5c4)n3)cc2[nH]1. The second-order valence-electron chi connectivity index (χ2n) is 7.25. The number of benzene rings is 2. The van der Waals surface area contributed by atoms with E-state index in [1.807, 2.05) is 42.5 Å². The van der Waals surface area contributed by atoms with E-state index in [0.717, 1.165) is 33.1 Å². The fourth-order valence-electron chi connectivity index (χ4n) is 3.52. The van der Waals surface area contributed by atoms with Crippen molar-refractivity contribution in [2.45, 2.75) is 0 Å². The molecule has 0 fully saturated rings. The van der Waals surface area contributed by atoms with Crippen molar-refractivity contribution in [3.63, 3.8) is 0 Å². The summed E-state index contributed by atoms with van der Waals surface area (Å²) in [5.41, 5.74) is 5.50. The molecule has 2 aromatic carbocycles. The Balaban J connectivity index is 1.26. The van der Waals surface area contributed by atoms with Gasteiger partial charge in [-0.1, -0.05) is 23.5 Å². The lowest BCUT2D eigenvalue weighted by atomic mass is 10.1. The molecule has 33 heavy (non-hydrogen) atoms. The van der Waals surface area contributed by atoms with E-state index in [1.165, 1.54) is 11.3 Å². The van der Waals surface area contributed by atoms with E-state index < -0.39 is 0 Å². The second kappa shape index (κ2) is 7.80. The number of fused-ring (bicyclic) bond motifs is 2. The van der Waals surface area contributed by atoms with Crippen LogP contribution in [0.1, 0.15) is 10.5 Å². The van der Waals surface area contributed by atoms with Gasteiger partial charge < -0.3 is 10.3 Å². The molecule has 10 nitrogen and oxygen atoms in total. The van der Waals surface area contributed by atoms with Crippen molar-refractivity contribution in [3.05, 3.63) is 72.1 Å². The van der Waals surface area contributed by atoms with Crippen LogP contribution in [0.4, 0.5) is 16.6 Å². The standard InChI is InChI=1S/C22H15N9OS/c32-21(29-22-31-25-11-33-22)18-8-12-1-2-13(9-17(12)27-18)20-23-6-5-19(28-20)26-15-3-4-16-14(7-15)10-24-30-16/h1-11,27H,(H,24,30)(H,23,26,28)(H,29,31,32). The number of aromatic nitrogens is 7. The molecule has 4 aromatic heterocycles. The maximum Gasteiger partial charge on any atom is 0.273 e. The van der Waals surface area contributed by atoms with Crippen molar-refractivity contribution < 1.29 is 4.79 Å². The molecule has 160 valence electrons. The summed E-state index contributed by atoms with van der Waals surface area (Å²) in [7, 11) is 0. The Morgan fingerprint density at radius 2 is 1.97 bits per heavy atom. The van der Waals surface area contributed by atoms with Crippen molar-refractivity contribution in [3.8, 4) is 11.4 Å². The highest BCUT2D eigenvalue weighted by Crippen LogP contribution is 2.25. The molecule has 0 aliphatic carbocycles. The Kier molecular flexibility index (Phi) is 4.51. The second-order valence-corrected chi connectivity index (χ2v) is 8.08. The van der Waals surface area contributed by atoms with Crippen LogP contribution in [0.5, 0.6) is 0 Å². The number of carbonyl (C=O) groups is 1. The number of anilines is 3. The summed E-state index contributed by atoms with van der Waals surface area (Å²) in [6.45, 7) is 0. The molecular formula is C22H15N9OS. The van der Waals surface area contributed by atoms with E-state index in [2.05, 4.69) is 46.0 Å². The first-order valence-corrected chi connectivity index (χ1v) is 10.8. The first-order chi connectivity index (χ1) is 16.2. The molecule has 6 aromatic rings. The molecule has 6 rings (SSSR count). The molecule has 11 heteroatoms. The Morgan fingerprint density at radius 1 is 1.00 bits per heavy atom. The molecule has 0 saturated heterocycles. The van der Waals surface area contributed by atoms with Crippen molar-refractivity contribution in [2.75, 3.05) is 10.6 Å². The van der Waals surface area contributed by atoms with Crippen LogP contribution in [0.2, 0.25) is 0 Å². The summed E-state index contributed by atoms with van der Waals surface area (Å²) in [4.78, 5) is 24.7. The van der Waals surface area contributed by atoms with Crippen molar-refractivity contribution in [2.24, 2.45) is 0 Å². The number of carbonyl (C=O) groups excluding carboxylic acids is 1. The molecule has 0 aliphatic rings. The van der Waals surface area contributed by atoms with Gasteiger partial charge in [0.05, 0.1) is 11.7 Å². The molecule has 0 atom stereocenters. The van der Waals surface area contributed by atoms with E-state index >= 15 is 0 Å². The number of hydrogen-bond donors (Lipinski definition) is 4. The molecule has 4 heterocycles. The summed E-state index contributed by atoms with van der Waals surface area (Å²) in [5, 5.41) is 22.9. The summed E-state index contributed by atoms with van der Waals surface area (Å²) >= 11 is 1.26. The Bertz CT molecular complexity index is 1600. The molecule has 0 radical (unpaired) electrons. The highest BCUT2D eigenvalue weighted by molar-refractivity contribution is 7.13. The van der Waals surface area contributed by atoms with E-state index in [-0.39, 0.29) is 5.91 Å². The fourth-order valence-corrected chi connectivity index (χ4v) is 3.96. The Hall–Kier alpha value is -4.64. The van der Waals surface area contributed by atoms with Crippen LogP contribution in [0.25, 0.3) is 33.2 Å². The van der Waals surface area contributed by atoms with Crippen LogP contribution in [0.15, 0.2) is 66.4 Å². The molecular weight excluding hydrogens is 438 g/mol. The molecule has 0 saturated carbocycles. The van der Waals surface area contributed by atoms with Gasteiger partial charge in [0.25, 0.3) is 5.91 Å². The van der Waals surface area contributed by atoms with Gasteiger partial charge in [0, 0.05) is 33.7 Å². The smallest absolute Gasteiger partial charge is 0.273 e. The van der Waals surface area contributed by atoms with Gasteiger partial charge in [0.2, 0.25) is 5.13 Å². The average Bonchev–Trinajstić information content (AvgIpc) is 3.59. The molecule has 0 aliphatic heterocycles. The van der Waals surface area contributed by atoms with Crippen LogP contribution in [-0.2, 0) is 0 Å². The number of aromatic amines is 2. The summed E-state index contributed by atoms with van der Waals surface area (Å²) < 4.78 is 0. The molecule has 0 unspecified atom stereocenters. The molecule has 1 amide bonds. The minimum Gasteiger partial charge on any atom is -0.350 e. The minimum atomic E-state index is -0.276. The van der Waals surface area contributed by atoms with Gasteiger partial charge in [-0.25, -0.2) is 9.97 Å². The topological polar surface area (TPSA) is 137 Å². The minimum absolute atomic E-state index is 0.276. The van der Waals surface area contributed by atoms with Crippen LogP contribution >= 0.6 is 11.3 Å². The maximum absolute atomic E-state index is 12.5. The first-order valence-electron chi connectivity index (χ1n) is 9.95. The lowest BCUT2D eigenvalue weighted by Gasteiger charge is -2.07. The monoisotopic (exact) mass is 453 g/mol. The lowest BCUT2D eigenvalue weighted by Crippen LogP contribution is -2.11. The highest BCUT2D eigenvalue weighted by Gasteiger charge is 2.13. The van der Waals surface area contributed by atoms with Crippen molar-refractivity contribution >= 4 is 55.7 Å². The van der Waals surface area contributed by atoms with Gasteiger partial charge in [0.1, 0.15) is 17.0 Å². The average molecular weight is 453 g/mol. The Labute approximate surface area is 190 Å². The van der Waals surface area contributed by atoms with Crippen LogP contribution in [-0.4, -0.2) is 41.3 Å². The van der Waals surface area contributed by atoms with Gasteiger partial charge in [-0.2, -0.15) is 5.10 Å². The summed E-state index contributed by atoms with van der Waals surface area (Å²) in [5.74, 6) is 0.967. The zero-order valence-corrected chi connectivity index (χ0v) is 17.7. The number of nitrogens with one attached hydrogen (secondary N) is 4. The van der Waals surface area contributed by atoms with E-state index in [4.69, 9.17) is 0 Å². The van der Waals surface area contributed by atoms with Gasteiger partial charge in [-0.15, -0.1) is 10.2 Å². The third-order valence-electron chi connectivity index (χ3n) is 5.07. The lowest BCUT2D eigenvalue weighted by molar-refractivity contribution is 0.102. The molecule has 4 N–H and O–H groups in total. The zero-order chi connectivity index (χ0) is 22.2. The third-order valence-corrected chi connectivity index (χ3v) is 5.68. The number of amides is 1. The largest absolute Gasteiger partial charge is 0.350 e. The molecule has 0 spiro atoms. The van der Waals surface area contributed by atoms with Crippen LogP contribution < -0.4 is 10.6 Å².